The number of imidazole rings is 1. The van der Waals surface area contributed by atoms with Crippen LogP contribution in [0.15, 0.2) is 41.7 Å². The van der Waals surface area contributed by atoms with E-state index in [9.17, 15) is 0 Å². The van der Waals surface area contributed by atoms with E-state index in [0.717, 1.165) is 22.8 Å². The molecule has 0 aliphatic rings. The smallest absolute Gasteiger partial charge is 0.274 e. The van der Waals surface area contributed by atoms with Crippen molar-refractivity contribution >= 4 is 14.8 Å². The van der Waals surface area contributed by atoms with Crippen LogP contribution in [-0.4, -0.2) is 24.7 Å². The second-order valence-electron chi connectivity index (χ2n) is 4.88. The molecule has 0 aliphatic carbocycles. The summed E-state index contributed by atoms with van der Waals surface area (Å²) in [6.07, 6.45) is 3.54. The van der Waals surface area contributed by atoms with Crippen LogP contribution in [0, 0.1) is 0 Å². The van der Waals surface area contributed by atoms with E-state index < -0.39 is 9.04 Å². The van der Waals surface area contributed by atoms with Gasteiger partial charge in [-0.05, 0) is 33.0 Å². The van der Waals surface area contributed by atoms with E-state index >= 15 is 0 Å². The molecule has 0 amide bonds. The lowest BCUT2D eigenvalue weighted by molar-refractivity contribution is 0.563. The zero-order valence-electron chi connectivity index (χ0n) is 12.3. The summed E-state index contributed by atoms with van der Waals surface area (Å²) in [6, 6.07) is 8.15. The maximum absolute atomic E-state index is 5.95. The van der Waals surface area contributed by atoms with Crippen molar-refractivity contribution in [1.29, 1.82) is 0 Å². The lowest BCUT2D eigenvalue weighted by atomic mass is 10.1. The molecule has 1 heterocycles. The van der Waals surface area contributed by atoms with E-state index in [1.165, 1.54) is 0 Å². The Bertz CT molecular complexity index is 579. The van der Waals surface area contributed by atoms with Crippen LogP contribution in [-0.2, 0) is 0 Å². The van der Waals surface area contributed by atoms with Crippen molar-refractivity contribution in [3.63, 3.8) is 0 Å². The maximum atomic E-state index is 5.95. The molecular formula is C15H20N3OSi. The molecule has 4 nitrogen and oxygen atoms in total. The Morgan fingerprint density at radius 3 is 2.75 bits per heavy atom. The van der Waals surface area contributed by atoms with Crippen LogP contribution in [0.4, 0.5) is 0 Å². The second kappa shape index (κ2) is 6.52. The molecular weight excluding hydrogens is 266 g/mol. The molecule has 0 saturated carbocycles. The SMILES string of the molecule is CC(=NC(C)c1ccccc1O[Si](C)C)c1ncc[nH]1. The molecule has 1 radical (unpaired) electrons. The van der Waals surface area contributed by atoms with Gasteiger partial charge in [0.2, 0.25) is 0 Å². The van der Waals surface area contributed by atoms with Crippen molar-refractivity contribution in [2.75, 3.05) is 0 Å². The van der Waals surface area contributed by atoms with Gasteiger partial charge in [-0.25, -0.2) is 4.98 Å². The largest absolute Gasteiger partial charge is 0.542 e. The molecule has 0 aliphatic heterocycles. The number of para-hydroxylation sites is 1. The van der Waals surface area contributed by atoms with Gasteiger partial charge in [-0.15, -0.1) is 0 Å². The number of benzene rings is 1. The Balaban J connectivity index is 2.25. The summed E-state index contributed by atoms with van der Waals surface area (Å²) < 4.78 is 5.95. The van der Waals surface area contributed by atoms with Gasteiger partial charge in [-0.1, -0.05) is 18.2 Å². The molecule has 5 heteroatoms. The average Bonchev–Trinajstić information content (AvgIpc) is 2.92. The number of aromatic nitrogens is 2. The van der Waals surface area contributed by atoms with Crippen molar-refractivity contribution in [2.45, 2.75) is 33.0 Å². The normalized spacial score (nSPS) is 13.6. The fourth-order valence-electron chi connectivity index (χ4n) is 2.02. The minimum Gasteiger partial charge on any atom is -0.542 e. The number of aliphatic imine (C=N–C) groups is 1. The maximum Gasteiger partial charge on any atom is 0.274 e. The lowest BCUT2D eigenvalue weighted by Crippen LogP contribution is -2.13. The summed E-state index contributed by atoms with van der Waals surface area (Å²) in [7, 11) is -0.780. The molecule has 1 atom stereocenters. The third-order valence-corrected chi connectivity index (χ3v) is 3.54. The average molecular weight is 286 g/mol. The Kier molecular flexibility index (Phi) is 4.73. The van der Waals surface area contributed by atoms with Crippen LogP contribution in [0.3, 0.4) is 0 Å². The van der Waals surface area contributed by atoms with Crippen LogP contribution in [0.1, 0.15) is 31.3 Å². The number of hydrogen-bond acceptors (Lipinski definition) is 3. The summed E-state index contributed by atoms with van der Waals surface area (Å²) in [5.41, 5.74) is 2.01. The van der Waals surface area contributed by atoms with E-state index in [1.807, 2.05) is 25.1 Å². The third-order valence-electron chi connectivity index (χ3n) is 2.91. The summed E-state index contributed by atoms with van der Waals surface area (Å²) in [5.74, 6) is 1.75. The van der Waals surface area contributed by atoms with Gasteiger partial charge in [-0.3, -0.25) is 4.99 Å². The molecule has 20 heavy (non-hydrogen) atoms. The summed E-state index contributed by atoms with van der Waals surface area (Å²) >= 11 is 0. The molecule has 0 spiro atoms. The first-order chi connectivity index (χ1) is 9.58. The predicted octanol–water partition coefficient (Wildman–Crippen LogP) is 3.61. The first-order valence-corrected chi connectivity index (χ1v) is 9.10. The van der Waals surface area contributed by atoms with E-state index in [1.54, 1.807) is 12.4 Å². The molecule has 105 valence electrons. The summed E-state index contributed by atoms with van der Waals surface area (Å²) in [6.45, 7) is 8.30. The predicted molar refractivity (Wildman–Crippen MR) is 83.8 cm³/mol. The standard InChI is InChI=1S/C15H20N3OSi/c1-11(18-12(2)15-16-9-10-17-15)13-7-5-6-8-14(13)19-20(3)4/h5-11H,1-4H3,(H,16,17). The van der Waals surface area contributed by atoms with Crippen molar-refractivity contribution in [3.8, 4) is 5.75 Å². The fraction of sp³-hybridized carbons (Fsp3) is 0.333. The van der Waals surface area contributed by atoms with Gasteiger partial charge in [-0.2, -0.15) is 0 Å². The lowest BCUT2D eigenvalue weighted by Gasteiger charge is -2.16. The number of hydrogen-bond donors (Lipinski definition) is 1. The topological polar surface area (TPSA) is 50.3 Å². The molecule has 0 fully saturated rings. The molecule has 1 N–H and O–H groups in total. The van der Waals surface area contributed by atoms with E-state index in [-0.39, 0.29) is 6.04 Å². The summed E-state index contributed by atoms with van der Waals surface area (Å²) in [4.78, 5) is 12.0. The van der Waals surface area contributed by atoms with Crippen LogP contribution < -0.4 is 4.43 Å². The van der Waals surface area contributed by atoms with Crippen LogP contribution >= 0.6 is 0 Å². The minimum atomic E-state index is -0.780. The first-order valence-electron chi connectivity index (χ1n) is 6.69. The number of rotatable bonds is 5. The number of nitrogens with one attached hydrogen (secondary N) is 1. The summed E-state index contributed by atoms with van der Waals surface area (Å²) in [5, 5.41) is 0. The van der Waals surface area contributed by atoms with Gasteiger partial charge in [0.15, 0.2) is 5.82 Å². The van der Waals surface area contributed by atoms with E-state index in [4.69, 9.17) is 9.42 Å². The van der Waals surface area contributed by atoms with E-state index in [2.05, 4.69) is 36.1 Å². The van der Waals surface area contributed by atoms with Gasteiger partial charge >= 0.3 is 0 Å². The van der Waals surface area contributed by atoms with Crippen molar-refractivity contribution < 1.29 is 4.43 Å². The monoisotopic (exact) mass is 286 g/mol. The molecule has 0 saturated heterocycles. The molecule has 1 aromatic heterocycles. The number of nitrogens with zero attached hydrogens (tertiary/aromatic N) is 2. The zero-order chi connectivity index (χ0) is 14.5. The quantitative estimate of drug-likeness (QED) is 0.674. The van der Waals surface area contributed by atoms with Gasteiger partial charge in [0.25, 0.3) is 9.04 Å². The zero-order valence-corrected chi connectivity index (χ0v) is 13.3. The van der Waals surface area contributed by atoms with Crippen LogP contribution in [0.2, 0.25) is 13.1 Å². The third kappa shape index (κ3) is 3.57. The van der Waals surface area contributed by atoms with Crippen molar-refractivity contribution in [1.82, 2.24) is 9.97 Å². The fourth-order valence-corrected chi connectivity index (χ4v) is 2.65. The highest BCUT2D eigenvalue weighted by Gasteiger charge is 2.13. The van der Waals surface area contributed by atoms with E-state index in [0.29, 0.717) is 0 Å². The highest BCUT2D eigenvalue weighted by Crippen LogP contribution is 2.28. The van der Waals surface area contributed by atoms with Crippen LogP contribution in [0.25, 0.3) is 0 Å². The number of aromatic amines is 1. The van der Waals surface area contributed by atoms with Gasteiger partial charge < -0.3 is 9.41 Å². The highest BCUT2D eigenvalue weighted by molar-refractivity contribution is 6.49. The molecule has 0 bridgehead atoms. The number of H-pyrrole nitrogens is 1. The Hall–Kier alpha value is -1.88. The van der Waals surface area contributed by atoms with Gasteiger partial charge in [0.05, 0.1) is 11.8 Å². The molecule has 1 aromatic carbocycles. The molecule has 2 rings (SSSR count). The Morgan fingerprint density at radius 2 is 2.10 bits per heavy atom. The molecule has 1 unspecified atom stereocenters. The highest BCUT2D eigenvalue weighted by atomic mass is 28.3. The Morgan fingerprint density at radius 1 is 1.35 bits per heavy atom. The Labute approximate surface area is 121 Å². The first kappa shape index (κ1) is 14.5. The van der Waals surface area contributed by atoms with Crippen LogP contribution in [0.5, 0.6) is 5.75 Å². The van der Waals surface area contributed by atoms with Crippen molar-refractivity contribution in [2.24, 2.45) is 4.99 Å². The minimum absolute atomic E-state index is 0.0395. The molecule has 2 aromatic rings. The van der Waals surface area contributed by atoms with Gasteiger partial charge in [0, 0.05) is 18.0 Å². The second-order valence-corrected chi connectivity index (χ2v) is 6.90. The van der Waals surface area contributed by atoms with Gasteiger partial charge in [0.1, 0.15) is 5.75 Å². The van der Waals surface area contributed by atoms with Crippen molar-refractivity contribution in [3.05, 3.63) is 48.0 Å².